The highest BCUT2D eigenvalue weighted by molar-refractivity contribution is 7.17. The number of nitrogens with zero attached hydrogens (tertiary/aromatic N) is 4. The van der Waals surface area contributed by atoms with Crippen LogP contribution in [0.25, 0.3) is 119 Å². The number of hydrogen-bond donors (Lipinski definition) is 0. The Morgan fingerprint density at radius 1 is 0.265 bits per heavy atom. The van der Waals surface area contributed by atoms with E-state index in [1.54, 1.807) is 0 Å². The van der Waals surface area contributed by atoms with Gasteiger partial charge in [0, 0.05) is 81.6 Å². The topological polar surface area (TPSA) is 16.3 Å². The van der Waals surface area contributed by atoms with Crippen LogP contribution in [0.2, 0.25) is 0 Å². The summed E-state index contributed by atoms with van der Waals surface area (Å²) in [6.45, 7) is 0. The average Bonchev–Trinajstić information content (AvgIpc) is 2.73. The Labute approximate surface area is 483 Å². The average molecular weight is 1080 g/mol. The fraction of sp³-hybridized carbons (Fsp3) is 0. The molecular weight excluding hydrogens is 1020 g/mol. The van der Waals surface area contributed by atoms with E-state index < -0.39 is 0 Å². The Morgan fingerprint density at radius 3 is 1.16 bits per heavy atom. The standard InChI is InChI=1S/C78H50N4S/c1-3-23-56(24-4-1)80-71-33-17-15-31-66(71)69-49-59(39-42-74(69)80)79(76-61-27-11-7-19-52(61)47-53-20-8-12-28-62(53)76)58-37-35-51(36-38-58)65-41-44-73(68-45-46-83-78(65)68)82(77-63-29-13-9-21-54(63)48-55-22-10-14-30-64(55)77)60-40-43-75-70(50-60)67-32-16-18-34-72(67)81(75)57-25-5-2-6-26-57/h1-50H. The van der Waals surface area contributed by atoms with Crippen molar-refractivity contribution in [3.8, 4) is 22.5 Å². The first-order valence-electron chi connectivity index (χ1n) is 28.4. The monoisotopic (exact) mass is 1070 g/mol. The van der Waals surface area contributed by atoms with Crippen LogP contribution in [0.3, 0.4) is 0 Å². The number of thiophene rings is 1. The predicted octanol–water partition coefficient (Wildman–Crippen LogP) is 22.3. The molecule has 0 radical (unpaired) electrons. The van der Waals surface area contributed by atoms with E-state index in [9.17, 15) is 0 Å². The first kappa shape index (κ1) is 47.1. The smallest absolute Gasteiger partial charge is 0.0618 e. The third kappa shape index (κ3) is 7.45. The molecule has 0 aliphatic rings. The van der Waals surface area contributed by atoms with Crippen molar-refractivity contribution in [2.75, 3.05) is 9.80 Å². The lowest BCUT2D eigenvalue weighted by molar-refractivity contribution is 1.18. The van der Waals surface area contributed by atoms with Gasteiger partial charge in [-0.1, -0.05) is 188 Å². The predicted molar refractivity (Wildman–Crippen MR) is 355 cm³/mol. The summed E-state index contributed by atoms with van der Waals surface area (Å²) in [6.07, 6.45) is 0. The number of rotatable bonds is 9. The van der Waals surface area contributed by atoms with Gasteiger partial charge in [0.15, 0.2) is 0 Å². The van der Waals surface area contributed by atoms with Gasteiger partial charge in [0.1, 0.15) is 0 Å². The fourth-order valence-electron chi connectivity index (χ4n) is 13.4. The van der Waals surface area contributed by atoms with E-state index >= 15 is 0 Å². The molecular formula is C78H50N4S. The van der Waals surface area contributed by atoms with Gasteiger partial charge in [-0.15, -0.1) is 11.3 Å². The summed E-state index contributed by atoms with van der Waals surface area (Å²) >= 11 is 1.81. The van der Waals surface area contributed by atoms with Gasteiger partial charge in [0.2, 0.25) is 0 Å². The molecule has 17 aromatic rings. The number of hydrogen-bond acceptors (Lipinski definition) is 3. The van der Waals surface area contributed by atoms with E-state index in [0.717, 1.165) is 45.4 Å². The Hall–Kier alpha value is -10.7. The molecule has 83 heavy (non-hydrogen) atoms. The minimum absolute atomic E-state index is 1.08. The number of anilines is 6. The van der Waals surface area contributed by atoms with Gasteiger partial charge in [-0.25, -0.2) is 0 Å². The maximum absolute atomic E-state index is 2.54. The molecule has 0 bridgehead atoms. The van der Waals surface area contributed by atoms with Crippen LogP contribution in [0.15, 0.2) is 303 Å². The van der Waals surface area contributed by atoms with Gasteiger partial charge >= 0.3 is 0 Å². The van der Waals surface area contributed by atoms with Crippen LogP contribution >= 0.6 is 11.3 Å². The molecule has 0 saturated heterocycles. The van der Waals surface area contributed by atoms with Crippen molar-refractivity contribution in [3.63, 3.8) is 0 Å². The zero-order valence-corrected chi connectivity index (χ0v) is 45.9. The van der Waals surface area contributed by atoms with Crippen LogP contribution in [0, 0.1) is 0 Å². The summed E-state index contributed by atoms with van der Waals surface area (Å²) in [5.41, 5.74) is 16.1. The molecule has 3 aromatic heterocycles. The summed E-state index contributed by atoms with van der Waals surface area (Å²) in [5.74, 6) is 0. The lowest BCUT2D eigenvalue weighted by Crippen LogP contribution is -2.12. The molecule has 0 unspecified atom stereocenters. The third-order valence-electron chi connectivity index (χ3n) is 17.1. The largest absolute Gasteiger partial charge is 0.309 e. The summed E-state index contributed by atoms with van der Waals surface area (Å²) in [5, 5.41) is 17.9. The summed E-state index contributed by atoms with van der Waals surface area (Å²) < 4.78 is 6.03. The normalized spacial score (nSPS) is 11.9. The molecule has 0 N–H and O–H groups in total. The van der Waals surface area contributed by atoms with E-state index in [-0.39, 0.29) is 0 Å². The molecule has 0 saturated carbocycles. The molecule has 0 spiro atoms. The van der Waals surface area contributed by atoms with Crippen LogP contribution in [-0.2, 0) is 0 Å². The van der Waals surface area contributed by atoms with Crippen molar-refractivity contribution in [1.29, 1.82) is 0 Å². The highest BCUT2D eigenvalue weighted by Crippen LogP contribution is 2.51. The molecule has 4 nitrogen and oxygen atoms in total. The molecule has 0 atom stereocenters. The number of fused-ring (bicyclic) bond motifs is 11. The quantitative estimate of drug-likeness (QED) is 0.134. The zero-order valence-electron chi connectivity index (χ0n) is 45.1. The molecule has 5 heteroatoms. The van der Waals surface area contributed by atoms with Crippen molar-refractivity contribution in [1.82, 2.24) is 9.13 Å². The van der Waals surface area contributed by atoms with Crippen LogP contribution in [0.4, 0.5) is 34.1 Å². The van der Waals surface area contributed by atoms with Crippen molar-refractivity contribution < 1.29 is 0 Å². The van der Waals surface area contributed by atoms with Gasteiger partial charge in [0.25, 0.3) is 0 Å². The first-order valence-corrected chi connectivity index (χ1v) is 29.3. The van der Waals surface area contributed by atoms with Crippen molar-refractivity contribution >= 4 is 142 Å². The van der Waals surface area contributed by atoms with Crippen molar-refractivity contribution in [2.45, 2.75) is 0 Å². The molecule has 0 aliphatic heterocycles. The molecule has 388 valence electrons. The second kappa shape index (κ2) is 19.0. The van der Waals surface area contributed by atoms with E-state index in [1.807, 2.05) is 11.3 Å². The van der Waals surface area contributed by atoms with Gasteiger partial charge in [0.05, 0.1) is 39.1 Å². The highest BCUT2D eigenvalue weighted by Gasteiger charge is 2.26. The first-order chi connectivity index (χ1) is 41.2. The lowest BCUT2D eigenvalue weighted by Gasteiger charge is -2.30. The van der Waals surface area contributed by atoms with E-state index in [1.165, 1.54) is 108 Å². The molecule has 0 aliphatic carbocycles. The molecule has 3 heterocycles. The molecule has 14 aromatic carbocycles. The molecule has 0 amide bonds. The maximum atomic E-state index is 2.54. The van der Waals surface area contributed by atoms with Gasteiger partial charge in [-0.05, 0) is 147 Å². The summed E-state index contributed by atoms with van der Waals surface area (Å²) in [4.78, 5) is 5.04. The van der Waals surface area contributed by atoms with Crippen molar-refractivity contribution in [2.24, 2.45) is 0 Å². The molecule has 17 rings (SSSR count). The summed E-state index contributed by atoms with van der Waals surface area (Å²) in [6, 6.07) is 110. The van der Waals surface area contributed by atoms with Gasteiger partial charge in [-0.3, -0.25) is 0 Å². The number of benzene rings is 14. The minimum Gasteiger partial charge on any atom is -0.309 e. The van der Waals surface area contributed by atoms with Gasteiger partial charge in [-0.2, -0.15) is 0 Å². The van der Waals surface area contributed by atoms with Crippen molar-refractivity contribution in [3.05, 3.63) is 303 Å². The Kier molecular flexibility index (Phi) is 10.8. The van der Waals surface area contributed by atoms with Crippen LogP contribution < -0.4 is 9.80 Å². The number of para-hydroxylation sites is 4. The Balaban J connectivity index is 0.852. The number of aromatic nitrogens is 2. The maximum Gasteiger partial charge on any atom is 0.0618 e. The zero-order chi connectivity index (χ0) is 54.5. The Bertz CT molecular complexity index is 5290. The van der Waals surface area contributed by atoms with Gasteiger partial charge < -0.3 is 18.9 Å². The minimum atomic E-state index is 1.08. The SMILES string of the molecule is c1ccc(-n2c3ccccc3c3cc(N(c4ccc(-c5ccc(N(c6ccc7c(c6)c6ccccc6n7-c6ccccc6)c6c7ccccc7cc7ccccc67)c6ccsc56)cc4)c4c5ccccc5cc5ccccc45)ccc32)cc1. The summed E-state index contributed by atoms with van der Waals surface area (Å²) in [7, 11) is 0. The second-order valence-electron chi connectivity index (χ2n) is 21.6. The van der Waals surface area contributed by atoms with Crippen LogP contribution in [-0.4, -0.2) is 9.13 Å². The van der Waals surface area contributed by atoms with Crippen LogP contribution in [0.1, 0.15) is 0 Å². The fourth-order valence-corrected chi connectivity index (χ4v) is 14.4. The highest BCUT2D eigenvalue weighted by atomic mass is 32.1. The van der Waals surface area contributed by atoms with E-state index in [2.05, 4.69) is 322 Å². The van der Waals surface area contributed by atoms with E-state index in [4.69, 9.17) is 0 Å². The third-order valence-corrected chi connectivity index (χ3v) is 18.0. The second-order valence-corrected chi connectivity index (χ2v) is 22.5. The Morgan fingerprint density at radius 2 is 0.663 bits per heavy atom. The van der Waals surface area contributed by atoms with Crippen LogP contribution in [0.5, 0.6) is 0 Å². The molecule has 0 fully saturated rings. The lowest BCUT2D eigenvalue weighted by atomic mass is 9.97. The van der Waals surface area contributed by atoms with E-state index in [0.29, 0.717) is 0 Å².